The SMILES string of the molecule is NCC(=O)CC(=O)NI. The number of hydrogen-bond acceptors (Lipinski definition) is 3. The zero-order chi connectivity index (χ0) is 7.28. The van der Waals surface area contributed by atoms with Gasteiger partial charge in [0.2, 0.25) is 5.91 Å². The normalized spacial score (nSPS) is 8.67. The maximum absolute atomic E-state index is 10.4. The first-order chi connectivity index (χ1) is 4.20. The van der Waals surface area contributed by atoms with Gasteiger partial charge in [-0.1, -0.05) is 0 Å². The van der Waals surface area contributed by atoms with Crippen LogP contribution in [0.1, 0.15) is 6.42 Å². The Bertz CT molecular complexity index is 112. The molecule has 4 nitrogen and oxygen atoms in total. The molecule has 0 atom stereocenters. The van der Waals surface area contributed by atoms with Gasteiger partial charge in [-0.3, -0.25) is 13.1 Å². The van der Waals surface area contributed by atoms with Crippen LogP contribution in [-0.4, -0.2) is 18.2 Å². The lowest BCUT2D eigenvalue weighted by molar-refractivity contribution is -0.126. The summed E-state index contributed by atoms with van der Waals surface area (Å²) in [5.74, 6) is -0.546. The minimum absolute atomic E-state index is 0.0654. The van der Waals surface area contributed by atoms with Crippen molar-refractivity contribution in [3.63, 3.8) is 0 Å². The van der Waals surface area contributed by atoms with Crippen molar-refractivity contribution in [2.75, 3.05) is 6.54 Å². The summed E-state index contributed by atoms with van der Waals surface area (Å²) in [6.07, 6.45) is -0.112. The molecule has 0 heterocycles. The molecular formula is C4H7IN2O2. The minimum atomic E-state index is -0.300. The summed E-state index contributed by atoms with van der Waals surface area (Å²) in [7, 11) is 0. The van der Waals surface area contributed by atoms with Crippen molar-refractivity contribution in [1.82, 2.24) is 3.53 Å². The number of Topliss-reactive ketones (excluding diaryl/α,β-unsaturated/α-hetero) is 1. The first kappa shape index (κ1) is 8.83. The molecule has 0 saturated carbocycles. The van der Waals surface area contributed by atoms with Gasteiger partial charge in [-0.25, -0.2) is 0 Å². The third-order valence-electron chi connectivity index (χ3n) is 0.691. The Morgan fingerprint density at radius 3 is 2.44 bits per heavy atom. The highest BCUT2D eigenvalue weighted by molar-refractivity contribution is 14.1. The Balaban J connectivity index is 3.47. The van der Waals surface area contributed by atoms with Crippen LogP contribution in [0.4, 0.5) is 0 Å². The molecule has 0 aliphatic heterocycles. The highest BCUT2D eigenvalue weighted by Crippen LogP contribution is 1.82. The van der Waals surface area contributed by atoms with E-state index >= 15 is 0 Å². The summed E-state index contributed by atoms with van der Waals surface area (Å²) in [6.45, 7) is -0.0654. The lowest BCUT2D eigenvalue weighted by atomic mass is 10.3. The number of carbonyl (C=O) groups is 2. The predicted octanol–water partition coefficient (Wildman–Crippen LogP) is -0.630. The fourth-order valence-corrected chi connectivity index (χ4v) is 0.475. The number of ketones is 1. The summed E-state index contributed by atoms with van der Waals surface area (Å²) in [5, 5.41) is 0. The molecule has 0 radical (unpaired) electrons. The van der Waals surface area contributed by atoms with Crippen molar-refractivity contribution in [3.05, 3.63) is 0 Å². The van der Waals surface area contributed by atoms with Crippen LogP contribution in [0, 0.1) is 0 Å². The van der Waals surface area contributed by atoms with Gasteiger partial charge in [0.15, 0.2) is 5.78 Å². The van der Waals surface area contributed by atoms with Gasteiger partial charge in [-0.05, 0) is 0 Å². The van der Waals surface area contributed by atoms with E-state index in [1.165, 1.54) is 0 Å². The largest absolute Gasteiger partial charge is 0.324 e. The van der Waals surface area contributed by atoms with Gasteiger partial charge in [0.1, 0.15) is 0 Å². The molecule has 0 spiro atoms. The van der Waals surface area contributed by atoms with Gasteiger partial charge in [-0.2, -0.15) is 0 Å². The van der Waals surface area contributed by atoms with Crippen molar-refractivity contribution in [2.24, 2.45) is 5.73 Å². The number of nitrogens with one attached hydrogen (secondary N) is 1. The predicted molar refractivity (Wildman–Crippen MR) is 40.8 cm³/mol. The molecule has 1 amide bonds. The summed E-state index contributed by atoms with van der Waals surface area (Å²) in [6, 6.07) is 0. The molecule has 52 valence electrons. The average molecular weight is 242 g/mol. The Labute approximate surface area is 66.7 Å². The molecule has 0 aromatic carbocycles. The molecule has 0 unspecified atom stereocenters. The number of hydrogen-bond donors (Lipinski definition) is 2. The van der Waals surface area contributed by atoms with Gasteiger partial charge in [0.05, 0.1) is 35.8 Å². The Kier molecular flexibility index (Phi) is 4.60. The fourth-order valence-electron chi connectivity index (χ4n) is 0.285. The number of carbonyl (C=O) groups excluding carboxylic acids is 2. The van der Waals surface area contributed by atoms with E-state index in [2.05, 4.69) is 3.53 Å². The fraction of sp³-hybridized carbons (Fsp3) is 0.500. The van der Waals surface area contributed by atoms with E-state index in [4.69, 9.17) is 5.73 Å². The Hall–Kier alpha value is -0.170. The lowest BCUT2D eigenvalue weighted by Crippen LogP contribution is -2.21. The number of rotatable bonds is 3. The molecule has 0 rings (SSSR count). The standard InChI is InChI=1S/C4H7IN2O2/c5-7-4(9)1-3(8)2-6/h1-2,6H2,(H,7,9). The zero-order valence-corrected chi connectivity index (χ0v) is 6.84. The molecule has 0 aromatic rings. The third-order valence-corrected chi connectivity index (χ3v) is 1.29. The van der Waals surface area contributed by atoms with Gasteiger partial charge in [-0.15, -0.1) is 0 Å². The number of amides is 1. The Morgan fingerprint density at radius 2 is 2.11 bits per heavy atom. The maximum atomic E-state index is 10.4. The summed E-state index contributed by atoms with van der Waals surface area (Å²) in [4.78, 5) is 20.8. The molecule has 0 aliphatic rings. The summed E-state index contributed by atoms with van der Waals surface area (Å²) < 4.78 is 2.28. The van der Waals surface area contributed by atoms with Crippen molar-refractivity contribution >= 4 is 34.6 Å². The smallest absolute Gasteiger partial charge is 0.236 e. The molecule has 9 heavy (non-hydrogen) atoms. The van der Waals surface area contributed by atoms with Crippen molar-refractivity contribution in [2.45, 2.75) is 6.42 Å². The number of halogens is 1. The molecular weight excluding hydrogens is 235 g/mol. The van der Waals surface area contributed by atoms with Gasteiger partial charge in [0.25, 0.3) is 0 Å². The molecule has 3 N–H and O–H groups in total. The van der Waals surface area contributed by atoms with E-state index in [0.717, 1.165) is 0 Å². The van der Waals surface area contributed by atoms with Crippen molar-refractivity contribution in [3.8, 4) is 0 Å². The van der Waals surface area contributed by atoms with Gasteiger partial charge >= 0.3 is 0 Å². The first-order valence-electron chi connectivity index (χ1n) is 2.32. The van der Waals surface area contributed by atoms with E-state index in [9.17, 15) is 9.59 Å². The van der Waals surface area contributed by atoms with Crippen LogP contribution in [0.5, 0.6) is 0 Å². The zero-order valence-electron chi connectivity index (χ0n) is 4.69. The quantitative estimate of drug-likeness (QED) is 0.393. The highest BCUT2D eigenvalue weighted by Gasteiger charge is 2.04. The molecule has 0 fully saturated rings. The minimum Gasteiger partial charge on any atom is -0.324 e. The topological polar surface area (TPSA) is 72.2 Å². The van der Waals surface area contributed by atoms with Crippen molar-refractivity contribution < 1.29 is 9.59 Å². The van der Waals surface area contributed by atoms with E-state index < -0.39 is 0 Å². The second-order valence-corrected chi connectivity index (χ2v) is 1.98. The van der Waals surface area contributed by atoms with Crippen molar-refractivity contribution in [1.29, 1.82) is 0 Å². The molecule has 0 saturated heterocycles. The molecule has 0 bridgehead atoms. The molecule has 5 heteroatoms. The van der Waals surface area contributed by atoms with Crippen LogP contribution >= 0.6 is 22.9 Å². The van der Waals surface area contributed by atoms with E-state index in [0.29, 0.717) is 0 Å². The van der Waals surface area contributed by atoms with E-state index in [-0.39, 0.29) is 24.7 Å². The second kappa shape index (κ2) is 4.68. The van der Waals surface area contributed by atoms with Crippen LogP contribution in [-0.2, 0) is 9.59 Å². The van der Waals surface area contributed by atoms with Crippen LogP contribution in [0.3, 0.4) is 0 Å². The van der Waals surface area contributed by atoms with Crippen LogP contribution < -0.4 is 9.26 Å². The summed E-state index contributed by atoms with van der Waals surface area (Å²) in [5.41, 5.74) is 4.94. The summed E-state index contributed by atoms with van der Waals surface area (Å²) >= 11 is 1.67. The lowest BCUT2D eigenvalue weighted by Gasteiger charge is -1.92. The van der Waals surface area contributed by atoms with Gasteiger partial charge < -0.3 is 5.73 Å². The highest BCUT2D eigenvalue weighted by atomic mass is 127. The Morgan fingerprint density at radius 1 is 1.56 bits per heavy atom. The van der Waals surface area contributed by atoms with Gasteiger partial charge in [0, 0.05) is 0 Å². The maximum Gasteiger partial charge on any atom is 0.236 e. The van der Waals surface area contributed by atoms with E-state index in [1.54, 1.807) is 22.9 Å². The number of nitrogens with two attached hydrogens (primary N) is 1. The second-order valence-electron chi connectivity index (χ2n) is 1.44. The molecule has 0 aliphatic carbocycles. The third kappa shape index (κ3) is 4.34. The average Bonchev–Trinajstić information content (AvgIpc) is 1.87. The first-order valence-corrected chi connectivity index (χ1v) is 3.39. The van der Waals surface area contributed by atoms with E-state index in [1.807, 2.05) is 0 Å². The van der Waals surface area contributed by atoms with Crippen LogP contribution in [0.25, 0.3) is 0 Å². The monoisotopic (exact) mass is 242 g/mol. The molecule has 0 aromatic heterocycles. The van der Waals surface area contributed by atoms with Crippen LogP contribution in [0.2, 0.25) is 0 Å². The van der Waals surface area contributed by atoms with Crippen LogP contribution in [0.15, 0.2) is 0 Å².